The molecule has 2 aromatic carbocycles. The topological polar surface area (TPSA) is 22.1 Å². The first-order chi connectivity index (χ1) is 13.4. The average molecular weight is 372 g/mol. The van der Waals surface area contributed by atoms with Crippen LogP contribution >= 0.6 is 0 Å². The largest absolute Gasteiger partial charge is 0.369 e. The fourth-order valence-corrected chi connectivity index (χ4v) is 3.65. The van der Waals surface area contributed by atoms with Crippen LogP contribution in [-0.2, 0) is 4.74 Å². The van der Waals surface area contributed by atoms with E-state index in [1.54, 1.807) is 6.20 Å². The quantitative estimate of drug-likeness (QED) is 0.450. The highest BCUT2D eigenvalue weighted by Crippen LogP contribution is 2.39. The molecular weight excluding hydrogens is 342 g/mol. The smallest absolute Gasteiger partial charge is 0.0883 e. The van der Waals surface area contributed by atoms with Crippen molar-refractivity contribution in [2.75, 3.05) is 6.61 Å². The van der Waals surface area contributed by atoms with Crippen molar-refractivity contribution in [3.8, 4) is 0 Å². The van der Waals surface area contributed by atoms with Crippen molar-refractivity contribution in [3.63, 3.8) is 0 Å². The molecule has 3 aromatic rings. The molecule has 2 heteroatoms. The molecule has 0 aliphatic rings. The molecule has 0 aliphatic carbocycles. The fraction of sp³-hybridized carbons (Fsp3) is 0.269. The van der Waals surface area contributed by atoms with Crippen molar-refractivity contribution < 1.29 is 4.74 Å². The van der Waals surface area contributed by atoms with Crippen molar-refractivity contribution in [1.82, 2.24) is 4.98 Å². The molecule has 0 amide bonds. The number of aryl methyl sites for hydroxylation is 1. The maximum absolute atomic E-state index is 6.34. The van der Waals surface area contributed by atoms with Crippen molar-refractivity contribution in [1.29, 1.82) is 0 Å². The molecule has 1 heterocycles. The molecule has 3 rings (SSSR count). The lowest BCUT2D eigenvalue weighted by Gasteiger charge is -2.34. The lowest BCUT2D eigenvalue weighted by atomic mass is 9.79. The standard InChI is InChI=1S/C26H29NO/c1-6-16-28-25(26(3,4)5)23(17-20-10-9-15-27-18-20)24-19(2)13-14-21-11-7-8-12-22(21)24/h6-15,17-18,25H,1,16H2,2-5H3. The molecule has 144 valence electrons. The Labute approximate surface area is 168 Å². The van der Waals surface area contributed by atoms with Crippen molar-refractivity contribution in [3.05, 3.63) is 90.3 Å². The van der Waals surface area contributed by atoms with Crippen LogP contribution in [0.5, 0.6) is 0 Å². The van der Waals surface area contributed by atoms with Gasteiger partial charge in [-0.1, -0.05) is 69.3 Å². The van der Waals surface area contributed by atoms with E-state index in [0.717, 1.165) is 5.56 Å². The maximum atomic E-state index is 6.34. The summed E-state index contributed by atoms with van der Waals surface area (Å²) in [6.45, 7) is 13.2. The van der Waals surface area contributed by atoms with Gasteiger partial charge in [0.2, 0.25) is 0 Å². The van der Waals surface area contributed by atoms with Gasteiger partial charge in [-0.05, 0) is 57.5 Å². The van der Waals surface area contributed by atoms with Gasteiger partial charge >= 0.3 is 0 Å². The molecule has 0 saturated carbocycles. The van der Waals surface area contributed by atoms with E-state index in [2.05, 4.69) is 87.8 Å². The minimum absolute atomic E-state index is 0.0829. The Morgan fingerprint density at radius 1 is 1.11 bits per heavy atom. The molecule has 0 radical (unpaired) electrons. The number of fused-ring (bicyclic) bond motifs is 1. The van der Waals surface area contributed by atoms with Crippen LogP contribution < -0.4 is 0 Å². The zero-order valence-corrected chi connectivity index (χ0v) is 17.3. The number of pyridine rings is 1. The van der Waals surface area contributed by atoms with Gasteiger partial charge in [0.05, 0.1) is 12.7 Å². The number of benzene rings is 2. The SMILES string of the molecule is C=CCOC(C(=Cc1cccnc1)c1c(C)ccc2ccccc12)C(C)(C)C. The molecule has 1 atom stereocenters. The molecule has 1 aromatic heterocycles. The predicted molar refractivity (Wildman–Crippen MR) is 120 cm³/mol. The summed E-state index contributed by atoms with van der Waals surface area (Å²) in [7, 11) is 0. The molecular formula is C26H29NO. The van der Waals surface area contributed by atoms with Crippen LogP contribution in [0.3, 0.4) is 0 Å². The number of rotatable bonds is 6. The number of hydrogen-bond donors (Lipinski definition) is 0. The fourth-order valence-electron chi connectivity index (χ4n) is 3.65. The second-order valence-electron chi connectivity index (χ2n) is 8.23. The zero-order valence-electron chi connectivity index (χ0n) is 17.3. The molecule has 0 aliphatic heterocycles. The van der Waals surface area contributed by atoms with E-state index in [1.807, 2.05) is 18.3 Å². The molecule has 1 unspecified atom stereocenters. The normalized spacial score (nSPS) is 13.5. The van der Waals surface area contributed by atoms with Crippen LogP contribution in [0.2, 0.25) is 0 Å². The third-order valence-electron chi connectivity index (χ3n) is 4.88. The Kier molecular flexibility index (Phi) is 6.11. The van der Waals surface area contributed by atoms with Crippen LogP contribution in [0.4, 0.5) is 0 Å². The van der Waals surface area contributed by atoms with Crippen molar-refractivity contribution in [2.24, 2.45) is 5.41 Å². The third-order valence-corrected chi connectivity index (χ3v) is 4.88. The first-order valence-corrected chi connectivity index (χ1v) is 9.74. The van der Waals surface area contributed by atoms with Gasteiger partial charge in [0.25, 0.3) is 0 Å². The minimum Gasteiger partial charge on any atom is -0.369 e. The Bertz CT molecular complexity index is 980. The molecule has 28 heavy (non-hydrogen) atoms. The van der Waals surface area contributed by atoms with Crippen molar-refractivity contribution in [2.45, 2.75) is 33.8 Å². The summed E-state index contributed by atoms with van der Waals surface area (Å²) < 4.78 is 6.34. The number of ether oxygens (including phenoxy) is 1. The molecule has 0 saturated heterocycles. The highest BCUT2D eigenvalue weighted by Gasteiger charge is 2.31. The Morgan fingerprint density at radius 3 is 2.57 bits per heavy atom. The third kappa shape index (κ3) is 4.40. The van der Waals surface area contributed by atoms with Gasteiger partial charge in [-0.15, -0.1) is 6.58 Å². The van der Waals surface area contributed by atoms with Gasteiger partial charge in [-0.25, -0.2) is 0 Å². The lowest BCUT2D eigenvalue weighted by molar-refractivity contribution is 0.0392. The van der Waals surface area contributed by atoms with Gasteiger partial charge in [-0.3, -0.25) is 4.98 Å². The van der Waals surface area contributed by atoms with E-state index >= 15 is 0 Å². The van der Waals surface area contributed by atoms with E-state index in [0.29, 0.717) is 6.61 Å². The van der Waals surface area contributed by atoms with E-state index in [9.17, 15) is 0 Å². The summed E-state index contributed by atoms with van der Waals surface area (Å²) in [5, 5.41) is 2.48. The van der Waals surface area contributed by atoms with Crippen molar-refractivity contribution >= 4 is 22.4 Å². The highest BCUT2D eigenvalue weighted by molar-refractivity contribution is 6.00. The highest BCUT2D eigenvalue weighted by atomic mass is 16.5. The summed E-state index contributed by atoms with van der Waals surface area (Å²) in [5.41, 5.74) is 4.65. The second-order valence-corrected chi connectivity index (χ2v) is 8.23. The van der Waals surface area contributed by atoms with Crippen LogP contribution in [0.1, 0.15) is 37.5 Å². The summed E-state index contributed by atoms with van der Waals surface area (Å²) in [5.74, 6) is 0. The number of nitrogens with zero attached hydrogens (tertiary/aromatic N) is 1. The summed E-state index contributed by atoms with van der Waals surface area (Å²) >= 11 is 0. The van der Waals surface area contributed by atoms with Gasteiger partial charge in [-0.2, -0.15) is 0 Å². The van der Waals surface area contributed by atoms with E-state index in [4.69, 9.17) is 4.74 Å². The van der Waals surface area contributed by atoms with Gasteiger partial charge < -0.3 is 4.74 Å². The zero-order chi connectivity index (χ0) is 20.1. The van der Waals surface area contributed by atoms with E-state index in [-0.39, 0.29) is 11.5 Å². The summed E-state index contributed by atoms with van der Waals surface area (Å²) in [6.07, 6.45) is 7.65. The maximum Gasteiger partial charge on any atom is 0.0883 e. The van der Waals surface area contributed by atoms with Gasteiger partial charge in [0, 0.05) is 12.4 Å². The molecule has 2 nitrogen and oxygen atoms in total. The number of aromatic nitrogens is 1. The lowest BCUT2D eigenvalue weighted by Crippen LogP contribution is -2.31. The van der Waals surface area contributed by atoms with Crippen LogP contribution in [-0.4, -0.2) is 17.7 Å². The number of hydrogen-bond acceptors (Lipinski definition) is 2. The Hall–Kier alpha value is -2.71. The second kappa shape index (κ2) is 8.53. The summed E-state index contributed by atoms with van der Waals surface area (Å²) in [4.78, 5) is 4.30. The van der Waals surface area contributed by atoms with Gasteiger partial charge in [0.1, 0.15) is 0 Å². The van der Waals surface area contributed by atoms with E-state index < -0.39 is 0 Å². The Morgan fingerprint density at radius 2 is 1.89 bits per heavy atom. The molecule has 0 bridgehead atoms. The first kappa shape index (κ1) is 20.0. The monoisotopic (exact) mass is 371 g/mol. The van der Waals surface area contributed by atoms with Crippen LogP contribution in [0.25, 0.3) is 22.4 Å². The van der Waals surface area contributed by atoms with Crippen LogP contribution in [0.15, 0.2) is 73.6 Å². The average Bonchev–Trinajstić information content (AvgIpc) is 2.67. The van der Waals surface area contributed by atoms with E-state index in [1.165, 1.54) is 27.5 Å². The first-order valence-electron chi connectivity index (χ1n) is 9.74. The summed E-state index contributed by atoms with van der Waals surface area (Å²) in [6, 6.07) is 17.0. The predicted octanol–water partition coefficient (Wildman–Crippen LogP) is 6.70. The molecule has 0 spiro atoms. The molecule has 0 N–H and O–H groups in total. The van der Waals surface area contributed by atoms with Gasteiger partial charge in [0.15, 0.2) is 0 Å². The van der Waals surface area contributed by atoms with Crippen LogP contribution in [0, 0.1) is 12.3 Å². The minimum atomic E-state index is -0.0878. The Balaban J connectivity index is 2.30. The molecule has 0 fully saturated rings.